The molecule has 0 N–H and O–H groups in total. The predicted molar refractivity (Wildman–Crippen MR) is 70.0 cm³/mol. The van der Waals surface area contributed by atoms with Crippen LogP contribution in [0.25, 0.3) is 0 Å². The van der Waals surface area contributed by atoms with Gasteiger partial charge in [-0.2, -0.15) is 0 Å². The lowest BCUT2D eigenvalue weighted by atomic mass is 10.2. The zero-order chi connectivity index (χ0) is 13.7. The Balaban J connectivity index is 2.05. The largest absolute Gasteiger partial charge is 0.481 e. The first-order valence-corrected chi connectivity index (χ1v) is 6.08. The molecule has 0 radical (unpaired) electrons. The Kier molecular flexibility index (Phi) is 4.27. The van der Waals surface area contributed by atoms with Crippen molar-refractivity contribution >= 4 is 5.84 Å². The van der Waals surface area contributed by atoms with Crippen molar-refractivity contribution in [3.05, 3.63) is 34.0 Å². The molecule has 1 aliphatic heterocycles. The first-order chi connectivity index (χ1) is 9.19. The topological polar surface area (TPSA) is 80.9 Å². The number of ether oxygens (including phenoxy) is 1. The molecule has 0 unspecified atom stereocenters. The lowest BCUT2D eigenvalue weighted by Gasteiger charge is -2.27. The van der Waals surface area contributed by atoms with E-state index in [9.17, 15) is 10.1 Å². The zero-order valence-electron chi connectivity index (χ0n) is 10.8. The average Bonchev–Trinajstić information content (AvgIpc) is 2.41. The SMILES string of the molecule is COc1ccc(CN2CCCN=C2C[N+](=O)[O-])cn1. The molecule has 102 valence electrons. The number of amidine groups is 1. The van der Waals surface area contributed by atoms with Crippen LogP contribution < -0.4 is 4.74 Å². The molecule has 0 spiro atoms. The van der Waals surface area contributed by atoms with Crippen molar-refractivity contribution < 1.29 is 9.66 Å². The van der Waals surface area contributed by atoms with E-state index in [0.717, 1.165) is 18.5 Å². The fourth-order valence-electron chi connectivity index (χ4n) is 1.98. The van der Waals surface area contributed by atoms with Crippen molar-refractivity contribution in [2.45, 2.75) is 13.0 Å². The molecular weight excluding hydrogens is 248 g/mol. The van der Waals surface area contributed by atoms with E-state index in [0.29, 0.717) is 24.8 Å². The second-order valence-corrected chi connectivity index (χ2v) is 4.27. The monoisotopic (exact) mass is 264 g/mol. The number of pyridine rings is 1. The lowest BCUT2D eigenvalue weighted by molar-refractivity contribution is -0.464. The summed E-state index contributed by atoms with van der Waals surface area (Å²) >= 11 is 0. The number of hydrogen-bond donors (Lipinski definition) is 0. The van der Waals surface area contributed by atoms with E-state index in [1.165, 1.54) is 0 Å². The molecule has 1 aromatic heterocycles. The lowest BCUT2D eigenvalue weighted by Crippen LogP contribution is -2.39. The van der Waals surface area contributed by atoms with Gasteiger partial charge in [0.25, 0.3) is 6.54 Å². The van der Waals surface area contributed by atoms with E-state index in [2.05, 4.69) is 9.98 Å². The molecule has 2 heterocycles. The van der Waals surface area contributed by atoms with Gasteiger partial charge in [-0.15, -0.1) is 0 Å². The van der Waals surface area contributed by atoms with Gasteiger partial charge in [-0.25, -0.2) is 4.98 Å². The third-order valence-corrected chi connectivity index (χ3v) is 2.90. The molecule has 7 nitrogen and oxygen atoms in total. The fraction of sp³-hybridized carbons (Fsp3) is 0.500. The second-order valence-electron chi connectivity index (χ2n) is 4.27. The van der Waals surface area contributed by atoms with Crippen molar-refractivity contribution in [2.75, 3.05) is 26.7 Å². The molecule has 0 aliphatic carbocycles. The molecule has 2 rings (SSSR count). The van der Waals surface area contributed by atoms with Crippen molar-refractivity contribution in [3.8, 4) is 5.88 Å². The van der Waals surface area contributed by atoms with Gasteiger partial charge in [0, 0.05) is 36.8 Å². The van der Waals surface area contributed by atoms with Crippen LogP contribution in [0.1, 0.15) is 12.0 Å². The summed E-state index contributed by atoms with van der Waals surface area (Å²) in [6.07, 6.45) is 2.64. The maximum absolute atomic E-state index is 10.6. The summed E-state index contributed by atoms with van der Waals surface area (Å²) < 4.78 is 5.00. The molecule has 7 heteroatoms. The number of aromatic nitrogens is 1. The van der Waals surface area contributed by atoms with Gasteiger partial charge >= 0.3 is 0 Å². The summed E-state index contributed by atoms with van der Waals surface area (Å²) in [7, 11) is 1.56. The van der Waals surface area contributed by atoms with E-state index in [1.807, 2.05) is 11.0 Å². The maximum Gasteiger partial charge on any atom is 0.260 e. The van der Waals surface area contributed by atoms with E-state index >= 15 is 0 Å². The highest BCUT2D eigenvalue weighted by Gasteiger charge is 2.19. The van der Waals surface area contributed by atoms with E-state index in [4.69, 9.17) is 4.74 Å². The Morgan fingerprint density at radius 2 is 2.37 bits per heavy atom. The van der Waals surface area contributed by atoms with Gasteiger partial charge in [0.1, 0.15) is 0 Å². The highest BCUT2D eigenvalue weighted by atomic mass is 16.6. The Morgan fingerprint density at radius 3 is 3.00 bits per heavy atom. The highest BCUT2D eigenvalue weighted by Crippen LogP contribution is 2.12. The van der Waals surface area contributed by atoms with Gasteiger partial charge in [-0.3, -0.25) is 15.1 Å². The number of methoxy groups -OCH3 is 1. The minimum absolute atomic E-state index is 0.219. The molecule has 19 heavy (non-hydrogen) atoms. The van der Waals surface area contributed by atoms with Crippen molar-refractivity contribution in [3.63, 3.8) is 0 Å². The van der Waals surface area contributed by atoms with E-state index in [1.54, 1.807) is 19.4 Å². The molecular formula is C12H16N4O3. The third-order valence-electron chi connectivity index (χ3n) is 2.90. The first kappa shape index (κ1) is 13.3. The van der Waals surface area contributed by atoms with Crippen LogP contribution in [0, 0.1) is 10.1 Å². The Bertz CT molecular complexity index is 472. The number of aliphatic imine (C=N–C) groups is 1. The van der Waals surface area contributed by atoms with Gasteiger partial charge in [-0.05, 0) is 12.0 Å². The fourth-order valence-corrected chi connectivity index (χ4v) is 1.98. The van der Waals surface area contributed by atoms with Crippen LogP contribution in [0.2, 0.25) is 0 Å². The molecule has 1 aliphatic rings. The molecule has 0 bridgehead atoms. The average molecular weight is 264 g/mol. The van der Waals surface area contributed by atoms with Crippen molar-refractivity contribution in [1.82, 2.24) is 9.88 Å². The van der Waals surface area contributed by atoms with Crippen molar-refractivity contribution in [1.29, 1.82) is 0 Å². The molecule has 1 aromatic rings. The minimum Gasteiger partial charge on any atom is -0.481 e. The molecule has 0 amide bonds. The number of nitro groups is 1. The van der Waals surface area contributed by atoms with Crippen LogP contribution in [0.15, 0.2) is 23.3 Å². The quantitative estimate of drug-likeness (QED) is 0.584. The summed E-state index contributed by atoms with van der Waals surface area (Å²) in [4.78, 5) is 20.6. The first-order valence-electron chi connectivity index (χ1n) is 6.08. The number of nitrogens with zero attached hydrogens (tertiary/aromatic N) is 4. The molecule has 0 saturated carbocycles. The highest BCUT2D eigenvalue weighted by molar-refractivity contribution is 5.83. The molecule has 0 aromatic carbocycles. The summed E-state index contributed by atoms with van der Waals surface area (Å²) in [5.74, 6) is 1.11. The van der Waals surface area contributed by atoms with Gasteiger partial charge < -0.3 is 9.64 Å². The van der Waals surface area contributed by atoms with Crippen LogP contribution in [-0.2, 0) is 6.54 Å². The smallest absolute Gasteiger partial charge is 0.260 e. The third kappa shape index (κ3) is 3.64. The van der Waals surface area contributed by atoms with Gasteiger partial charge in [0.2, 0.25) is 5.88 Å². The summed E-state index contributed by atoms with van der Waals surface area (Å²) in [5, 5.41) is 10.6. The van der Waals surface area contributed by atoms with E-state index in [-0.39, 0.29) is 11.5 Å². The van der Waals surface area contributed by atoms with Crippen molar-refractivity contribution in [2.24, 2.45) is 4.99 Å². The second kappa shape index (κ2) is 6.12. The Morgan fingerprint density at radius 1 is 1.53 bits per heavy atom. The summed E-state index contributed by atoms with van der Waals surface area (Å²) in [5.41, 5.74) is 0.985. The zero-order valence-corrected chi connectivity index (χ0v) is 10.8. The molecule has 0 atom stereocenters. The van der Waals surface area contributed by atoms with Gasteiger partial charge in [0.05, 0.1) is 7.11 Å². The van der Waals surface area contributed by atoms with Crippen LogP contribution >= 0.6 is 0 Å². The predicted octanol–water partition coefficient (Wildman–Crippen LogP) is 0.971. The van der Waals surface area contributed by atoms with Gasteiger partial charge in [-0.1, -0.05) is 6.07 Å². The van der Waals surface area contributed by atoms with Gasteiger partial charge in [0.15, 0.2) is 5.84 Å². The minimum atomic E-state index is -0.344. The molecule has 0 saturated heterocycles. The molecule has 0 fully saturated rings. The number of rotatable bonds is 5. The summed E-state index contributed by atoms with van der Waals surface area (Å²) in [6.45, 7) is 1.83. The standard InChI is InChI=1S/C12H16N4O3/c1-19-12-4-3-10(7-14-12)8-15-6-2-5-13-11(15)9-16(17)18/h3-4,7H,2,5-6,8-9H2,1H3. The van der Waals surface area contributed by atoms with Crippen LogP contribution in [-0.4, -0.2) is 47.4 Å². The number of hydrogen-bond acceptors (Lipinski definition) is 6. The van der Waals surface area contributed by atoms with Crippen LogP contribution in [0.5, 0.6) is 5.88 Å². The normalized spacial score (nSPS) is 15.0. The van der Waals surface area contributed by atoms with E-state index < -0.39 is 0 Å². The maximum atomic E-state index is 10.6. The van der Waals surface area contributed by atoms with Crippen LogP contribution in [0.3, 0.4) is 0 Å². The Hall–Kier alpha value is -2.18. The Labute approximate surface area is 111 Å². The summed E-state index contributed by atoms with van der Waals surface area (Å²) in [6, 6.07) is 3.69. The van der Waals surface area contributed by atoms with Crippen LogP contribution in [0.4, 0.5) is 0 Å².